The summed E-state index contributed by atoms with van der Waals surface area (Å²) in [6.45, 7) is 4.00. The van der Waals surface area contributed by atoms with Crippen molar-refractivity contribution in [3.63, 3.8) is 0 Å². The molecule has 0 radical (unpaired) electrons. The largest absolute Gasteiger partial charge is 0.506 e. The third-order valence-corrected chi connectivity index (χ3v) is 7.23. The Labute approximate surface area is 216 Å². The number of amides is 1. The molecule has 0 bridgehead atoms. The van der Waals surface area contributed by atoms with Crippen molar-refractivity contribution in [2.75, 3.05) is 11.4 Å². The minimum absolute atomic E-state index is 0.0397. The molecule has 2 heterocycles. The quantitative estimate of drug-likeness (QED) is 0.394. The van der Waals surface area contributed by atoms with Crippen molar-refractivity contribution >= 4 is 11.9 Å². The molecule has 1 saturated heterocycles. The molecule has 4 rings (SSSR count). The number of aromatic nitrogens is 1. The molecule has 0 spiro atoms. The van der Waals surface area contributed by atoms with Crippen molar-refractivity contribution in [3.8, 4) is 5.75 Å². The summed E-state index contributed by atoms with van der Waals surface area (Å²) in [6.07, 6.45) is -5.75. The summed E-state index contributed by atoms with van der Waals surface area (Å²) < 4.78 is 85.6. The standard InChI is InChI=1S/C26H29F6N3O3/c1-3-34(20-7-5-4-6-8-20)23-17(11-21(36)13-33-23)14-35-15(2)22(38-24(35)37)16-9-18(25(27,28)29)12-19(10-16)26(30,31)32/h9-13,15,20,22,36H,3-8,14H2,1-2H3/t15-,22-/m0/s1. The minimum Gasteiger partial charge on any atom is -0.506 e. The van der Waals surface area contributed by atoms with Gasteiger partial charge in [-0.25, -0.2) is 9.78 Å². The Bertz CT molecular complexity index is 1130. The van der Waals surface area contributed by atoms with Gasteiger partial charge in [-0.2, -0.15) is 26.3 Å². The Kier molecular flexibility index (Phi) is 7.72. The summed E-state index contributed by atoms with van der Waals surface area (Å²) in [5.41, 5.74) is -2.85. The Morgan fingerprint density at radius 3 is 2.18 bits per heavy atom. The maximum absolute atomic E-state index is 13.4. The molecule has 12 heteroatoms. The van der Waals surface area contributed by atoms with E-state index in [1.165, 1.54) is 24.1 Å². The van der Waals surface area contributed by atoms with E-state index in [0.717, 1.165) is 32.1 Å². The first-order valence-corrected chi connectivity index (χ1v) is 12.5. The lowest BCUT2D eigenvalue weighted by atomic mass is 9.94. The molecule has 1 N–H and O–H groups in total. The van der Waals surface area contributed by atoms with Crippen LogP contribution in [0.1, 0.15) is 74.3 Å². The number of alkyl halides is 6. The van der Waals surface area contributed by atoms with E-state index in [-0.39, 0.29) is 24.4 Å². The van der Waals surface area contributed by atoms with Gasteiger partial charge >= 0.3 is 18.4 Å². The van der Waals surface area contributed by atoms with E-state index in [0.29, 0.717) is 30.1 Å². The average Bonchev–Trinajstić information content (AvgIpc) is 3.13. The number of hydrogen-bond donors (Lipinski definition) is 1. The predicted molar refractivity (Wildman–Crippen MR) is 126 cm³/mol. The number of benzene rings is 1. The molecule has 208 valence electrons. The zero-order valence-electron chi connectivity index (χ0n) is 20.9. The van der Waals surface area contributed by atoms with Gasteiger partial charge in [0.15, 0.2) is 0 Å². The highest BCUT2D eigenvalue weighted by Gasteiger charge is 2.43. The lowest BCUT2D eigenvalue weighted by Gasteiger charge is -2.36. The molecule has 1 aliphatic carbocycles. The summed E-state index contributed by atoms with van der Waals surface area (Å²) in [4.78, 5) is 20.6. The highest BCUT2D eigenvalue weighted by atomic mass is 19.4. The van der Waals surface area contributed by atoms with E-state index in [2.05, 4.69) is 9.88 Å². The number of nitrogens with zero attached hydrogens (tertiary/aromatic N) is 3. The fraction of sp³-hybridized carbons (Fsp3) is 0.538. The Morgan fingerprint density at radius 2 is 1.63 bits per heavy atom. The number of halogens is 6. The van der Waals surface area contributed by atoms with E-state index >= 15 is 0 Å². The van der Waals surface area contributed by atoms with Crippen molar-refractivity contribution in [1.82, 2.24) is 9.88 Å². The van der Waals surface area contributed by atoms with Crippen molar-refractivity contribution < 1.29 is 41.0 Å². The molecule has 1 saturated carbocycles. The average molecular weight is 546 g/mol. The molecule has 1 aromatic heterocycles. The molecule has 1 aliphatic heterocycles. The Morgan fingerprint density at radius 1 is 1.03 bits per heavy atom. The smallest absolute Gasteiger partial charge is 0.416 e. The van der Waals surface area contributed by atoms with Crippen LogP contribution in [0, 0.1) is 0 Å². The monoisotopic (exact) mass is 545 g/mol. The van der Waals surface area contributed by atoms with Gasteiger partial charge in [-0.1, -0.05) is 19.3 Å². The molecule has 1 aromatic carbocycles. The van der Waals surface area contributed by atoms with Gasteiger partial charge in [0.25, 0.3) is 0 Å². The van der Waals surface area contributed by atoms with E-state index in [9.17, 15) is 36.2 Å². The third kappa shape index (κ3) is 5.78. The van der Waals surface area contributed by atoms with Crippen LogP contribution < -0.4 is 4.90 Å². The maximum Gasteiger partial charge on any atom is 0.416 e. The zero-order valence-corrected chi connectivity index (χ0v) is 20.9. The van der Waals surface area contributed by atoms with Gasteiger partial charge in [-0.05, 0) is 56.5 Å². The first-order chi connectivity index (χ1) is 17.8. The molecule has 2 fully saturated rings. The van der Waals surface area contributed by atoms with E-state index < -0.39 is 47.3 Å². The van der Waals surface area contributed by atoms with Crippen LogP contribution in [0.3, 0.4) is 0 Å². The van der Waals surface area contributed by atoms with Crippen LogP contribution in [0.5, 0.6) is 5.75 Å². The maximum atomic E-state index is 13.4. The topological polar surface area (TPSA) is 65.9 Å². The fourth-order valence-electron chi connectivity index (χ4n) is 5.33. The van der Waals surface area contributed by atoms with Gasteiger partial charge in [-0.3, -0.25) is 4.90 Å². The lowest BCUT2D eigenvalue weighted by molar-refractivity contribution is -0.143. The molecule has 6 nitrogen and oxygen atoms in total. The first kappa shape index (κ1) is 27.8. The Balaban J connectivity index is 1.65. The summed E-state index contributed by atoms with van der Waals surface area (Å²) in [5.74, 6) is 0.437. The van der Waals surface area contributed by atoms with E-state index in [4.69, 9.17) is 4.74 Å². The minimum atomic E-state index is -5.02. The van der Waals surface area contributed by atoms with Crippen LogP contribution in [0.15, 0.2) is 30.5 Å². The number of rotatable bonds is 6. The molecule has 1 amide bonds. The Hall–Kier alpha value is -3.18. The van der Waals surface area contributed by atoms with Gasteiger partial charge in [0.2, 0.25) is 0 Å². The van der Waals surface area contributed by atoms with Crippen molar-refractivity contribution in [3.05, 3.63) is 52.7 Å². The van der Waals surface area contributed by atoms with Gasteiger partial charge < -0.3 is 14.7 Å². The van der Waals surface area contributed by atoms with Crippen molar-refractivity contribution in [1.29, 1.82) is 0 Å². The second-order valence-electron chi connectivity index (χ2n) is 9.77. The van der Waals surface area contributed by atoms with Gasteiger partial charge in [0.1, 0.15) is 17.7 Å². The number of hydrogen-bond acceptors (Lipinski definition) is 5. The highest BCUT2D eigenvalue weighted by molar-refractivity contribution is 5.71. The summed E-state index contributed by atoms with van der Waals surface area (Å²) in [5, 5.41) is 10.1. The van der Waals surface area contributed by atoms with E-state index in [1.54, 1.807) is 0 Å². The third-order valence-electron chi connectivity index (χ3n) is 7.23. The summed E-state index contributed by atoms with van der Waals surface area (Å²) >= 11 is 0. The van der Waals surface area contributed by atoms with Crippen molar-refractivity contribution in [2.45, 2.75) is 83.0 Å². The molecule has 2 atom stereocenters. The highest BCUT2D eigenvalue weighted by Crippen LogP contribution is 2.41. The van der Waals surface area contributed by atoms with Crippen LogP contribution >= 0.6 is 0 Å². The van der Waals surface area contributed by atoms with Crippen LogP contribution in [-0.2, 0) is 23.6 Å². The van der Waals surface area contributed by atoms with Crippen LogP contribution in [0.2, 0.25) is 0 Å². The van der Waals surface area contributed by atoms with E-state index in [1.807, 2.05) is 6.92 Å². The second kappa shape index (κ2) is 10.5. The molecular formula is C26H29F6N3O3. The fourth-order valence-corrected chi connectivity index (χ4v) is 5.33. The van der Waals surface area contributed by atoms with Gasteiger partial charge in [0, 0.05) is 18.2 Å². The normalized spacial score (nSPS) is 21.1. The van der Waals surface area contributed by atoms with Crippen LogP contribution in [0.25, 0.3) is 0 Å². The summed E-state index contributed by atoms with van der Waals surface area (Å²) in [7, 11) is 0. The predicted octanol–water partition coefficient (Wildman–Crippen LogP) is 7.07. The van der Waals surface area contributed by atoms with Gasteiger partial charge in [0.05, 0.1) is 29.9 Å². The van der Waals surface area contributed by atoms with Gasteiger partial charge in [-0.15, -0.1) is 0 Å². The number of carbonyl (C=O) groups is 1. The first-order valence-electron chi connectivity index (χ1n) is 12.5. The number of aromatic hydroxyl groups is 1. The molecule has 2 aliphatic rings. The number of ether oxygens (including phenoxy) is 1. The lowest BCUT2D eigenvalue weighted by Crippen LogP contribution is -2.39. The number of carbonyl (C=O) groups excluding carboxylic acids is 1. The number of anilines is 1. The zero-order chi connectivity index (χ0) is 27.8. The van der Waals surface area contributed by atoms with Crippen molar-refractivity contribution in [2.24, 2.45) is 0 Å². The molecular weight excluding hydrogens is 516 g/mol. The number of cyclic esters (lactones) is 1. The SMILES string of the molecule is CCN(c1ncc(O)cc1CN1C(=O)O[C@H](c2cc(C(F)(F)F)cc(C(F)(F)F)c2)[C@@H]1C)C1CCCCC1. The molecule has 38 heavy (non-hydrogen) atoms. The number of pyridine rings is 1. The van der Waals surface area contributed by atoms with Crippen LogP contribution in [-0.4, -0.2) is 39.7 Å². The molecule has 0 unspecified atom stereocenters. The molecule has 2 aromatic rings. The van der Waals surface area contributed by atoms with Crippen LogP contribution in [0.4, 0.5) is 37.0 Å². The second-order valence-corrected chi connectivity index (χ2v) is 9.77. The summed E-state index contributed by atoms with van der Waals surface area (Å²) in [6, 6.07) is 2.00.